The zero-order chi connectivity index (χ0) is 13.7. The van der Waals surface area contributed by atoms with Crippen LogP contribution in [0, 0.1) is 5.92 Å². The van der Waals surface area contributed by atoms with E-state index in [0.29, 0.717) is 24.9 Å². The fraction of sp³-hybridized carbons (Fsp3) is 0.615. The highest BCUT2D eigenvalue weighted by Crippen LogP contribution is 2.28. The lowest BCUT2D eigenvalue weighted by Gasteiger charge is -2.17. The lowest BCUT2D eigenvalue weighted by molar-refractivity contribution is -0.141. The monoisotopic (exact) mass is 265 g/mol. The fourth-order valence-electron chi connectivity index (χ4n) is 2.29. The van der Waals surface area contributed by atoms with Crippen molar-refractivity contribution in [3.63, 3.8) is 0 Å². The summed E-state index contributed by atoms with van der Waals surface area (Å²) in [5.74, 6) is -0.159. The number of ether oxygens (including phenoxy) is 1. The van der Waals surface area contributed by atoms with Gasteiger partial charge >= 0.3 is 5.97 Å². The van der Waals surface area contributed by atoms with Gasteiger partial charge in [-0.1, -0.05) is 13.3 Å². The van der Waals surface area contributed by atoms with Gasteiger partial charge in [0.25, 0.3) is 0 Å². The normalized spacial score (nSPS) is 22.2. The minimum Gasteiger partial charge on any atom is -0.481 e. The molecule has 0 aliphatic heterocycles. The molecule has 2 unspecified atom stereocenters. The Morgan fingerprint density at radius 3 is 3.16 bits per heavy atom. The Morgan fingerprint density at radius 1 is 1.58 bits per heavy atom. The number of hydrogen-bond acceptors (Lipinski definition) is 5. The van der Waals surface area contributed by atoms with E-state index in [4.69, 9.17) is 9.84 Å². The largest absolute Gasteiger partial charge is 0.481 e. The molecule has 6 nitrogen and oxygen atoms in total. The molecule has 1 fully saturated rings. The van der Waals surface area contributed by atoms with Crippen LogP contribution in [0.1, 0.15) is 32.6 Å². The molecule has 1 aliphatic rings. The summed E-state index contributed by atoms with van der Waals surface area (Å²) in [7, 11) is 0. The van der Waals surface area contributed by atoms with Gasteiger partial charge in [-0.3, -0.25) is 4.79 Å². The molecular formula is C13H19N3O3. The maximum atomic E-state index is 11.1. The molecule has 19 heavy (non-hydrogen) atoms. The lowest BCUT2D eigenvalue weighted by atomic mass is 10.0. The number of carboxylic acids is 1. The number of nitrogens with one attached hydrogen (secondary N) is 1. The molecule has 0 aromatic carbocycles. The molecule has 6 heteroatoms. The number of carboxylic acid groups (broad SMARTS) is 1. The topological polar surface area (TPSA) is 84.3 Å². The van der Waals surface area contributed by atoms with Crippen LogP contribution >= 0.6 is 0 Å². The quantitative estimate of drug-likeness (QED) is 0.817. The number of aliphatic carboxylic acids is 1. The minimum absolute atomic E-state index is 0.0982. The van der Waals surface area contributed by atoms with Crippen molar-refractivity contribution in [1.29, 1.82) is 0 Å². The summed E-state index contributed by atoms with van der Waals surface area (Å²) < 4.78 is 5.43. The zero-order valence-electron chi connectivity index (χ0n) is 11.0. The van der Waals surface area contributed by atoms with Crippen molar-refractivity contribution in [3.05, 3.63) is 12.3 Å². The van der Waals surface area contributed by atoms with E-state index in [1.54, 1.807) is 12.3 Å². The van der Waals surface area contributed by atoms with E-state index >= 15 is 0 Å². The van der Waals surface area contributed by atoms with E-state index in [1.807, 2.05) is 6.92 Å². The van der Waals surface area contributed by atoms with E-state index in [0.717, 1.165) is 19.3 Å². The number of hydrogen-bond donors (Lipinski definition) is 2. The lowest BCUT2D eigenvalue weighted by Crippen LogP contribution is -2.30. The van der Waals surface area contributed by atoms with Gasteiger partial charge in [-0.05, 0) is 19.3 Å². The molecule has 1 heterocycles. The number of aromatic nitrogens is 2. The number of rotatable bonds is 6. The van der Waals surface area contributed by atoms with Crippen molar-refractivity contribution >= 4 is 11.9 Å². The number of carbonyl (C=O) groups is 1. The van der Waals surface area contributed by atoms with Crippen LogP contribution in [-0.2, 0) is 4.79 Å². The summed E-state index contributed by atoms with van der Waals surface area (Å²) in [6, 6.07) is 1.60. The van der Waals surface area contributed by atoms with Crippen LogP contribution in [-0.4, -0.2) is 33.7 Å². The Kier molecular flexibility index (Phi) is 4.54. The van der Waals surface area contributed by atoms with Crippen molar-refractivity contribution in [1.82, 2.24) is 9.97 Å². The van der Waals surface area contributed by atoms with Crippen molar-refractivity contribution in [2.45, 2.75) is 38.6 Å². The summed E-state index contributed by atoms with van der Waals surface area (Å²) in [6.45, 7) is 2.63. The second kappa shape index (κ2) is 6.36. The van der Waals surface area contributed by atoms with Crippen LogP contribution in [0.4, 0.5) is 5.95 Å². The summed E-state index contributed by atoms with van der Waals surface area (Å²) >= 11 is 0. The summed E-state index contributed by atoms with van der Waals surface area (Å²) in [5, 5.41) is 12.2. The molecule has 104 valence electrons. The molecule has 1 aromatic heterocycles. The molecule has 1 saturated carbocycles. The van der Waals surface area contributed by atoms with E-state index in [-0.39, 0.29) is 12.0 Å². The van der Waals surface area contributed by atoms with Crippen LogP contribution in [0.5, 0.6) is 5.88 Å². The third-order valence-electron chi connectivity index (χ3n) is 3.23. The molecule has 0 bridgehead atoms. The highest BCUT2D eigenvalue weighted by molar-refractivity contribution is 5.72. The first-order valence-electron chi connectivity index (χ1n) is 6.66. The molecule has 0 saturated heterocycles. The van der Waals surface area contributed by atoms with Crippen molar-refractivity contribution in [2.75, 3.05) is 11.9 Å². The predicted molar refractivity (Wildman–Crippen MR) is 70.2 cm³/mol. The molecule has 0 radical (unpaired) electrons. The first-order chi connectivity index (χ1) is 9.20. The second-order valence-corrected chi connectivity index (χ2v) is 4.69. The number of anilines is 1. The van der Waals surface area contributed by atoms with Gasteiger partial charge < -0.3 is 15.2 Å². The van der Waals surface area contributed by atoms with E-state index in [2.05, 4.69) is 15.3 Å². The van der Waals surface area contributed by atoms with E-state index in [9.17, 15) is 4.79 Å². The molecule has 0 amide bonds. The Morgan fingerprint density at radius 2 is 2.42 bits per heavy atom. The molecule has 2 rings (SSSR count). The second-order valence-electron chi connectivity index (χ2n) is 4.69. The molecular weight excluding hydrogens is 246 g/mol. The SMILES string of the molecule is CCCOc1ccnc(NC2CCCC2C(=O)O)n1. The van der Waals surface area contributed by atoms with E-state index < -0.39 is 5.97 Å². The Labute approximate surface area is 112 Å². The molecule has 2 N–H and O–H groups in total. The molecule has 0 spiro atoms. The highest BCUT2D eigenvalue weighted by atomic mass is 16.5. The minimum atomic E-state index is -0.756. The smallest absolute Gasteiger partial charge is 0.308 e. The van der Waals surface area contributed by atoms with Gasteiger partial charge in [0.2, 0.25) is 11.8 Å². The Hall–Kier alpha value is -1.85. The molecule has 1 aliphatic carbocycles. The summed E-state index contributed by atoms with van der Waals surface area (Å²) in [6.07, 6.45) is 4.99. The van der Waals surface area contributed by atoms with Gasteiger partial charge in [0.15, 0.2) is 0 Å². The van der Waals surface area contributed by atoms with Gasteiger partial charge in [0, 0.05) is 18.3 Å². The van der Waals surface area contributed by atoms with Gasteiger partial charge in [-0.25, -0.2) is 4.98 Å². The van der Waals surface area contributed by atoms with Crippen LogP contribution < -0.4 is 10.1 Å². The van der Waals surface area contributed by atoms with E-state index in [1.165, 1.54) is 0 Å². The maximum absolute atomic E-state index is 11.1. The van der Waals surface area contributed by atoms with Crippen molar-refractivity contribution in [2.24, 2.45) is 5.92 Å². The molecule has 1 aromatic rings. The third-order valence-corrected chi connectivity index (χ3v) is 3.23. The number of nitrogens with zero attached hydrogens (tertiary/aromatic N) is 2. The van der Waals surface area contributed by atoms with Crippen molar-refractivity contribution in [3.8, 4) is 5.88 Å². The van der Waals surface area contributed by atoms with Gasteiger partial charge in [-0.15, -0.1) is 0 Å². The fourth-order valence-corrected chi connectivity index (χ4v) is 2.29. The van der Waals surface area contributed by atoms with Crippen LogP contribution in [0.2, 0.25) is 0 Å². The van der Waals surface area contributed by atoms with Gasteiger partial charge in [0.1, 0.15) is 0 Å². The first-order valence-corrected chi connectivity index (χ1v) is 6.66. The third kappa shape index (κ3) is 3.56. The summed E-state index contributed by atoms with van der Waals surface area (Å²) in [5.41, 5.74) is 0. The zero-order valence-corrected chi connectivity index (χ0v) is 11.0. The average Bonchev–Trinajstić information content (AvgIpc) is 2.85. The average molecular weight is 265 g/mol. The molecule has 2 atom stereocenters. The first kappa shape index (κ1) is 13.6. The van der Waals surface area contributed by atoms with Crippen LogP contribution in [0.15, 0.2) is 12.3 Å². The Balaban J connectivity index is 2.00. The standard InChI is InChI=1S/C13H19N3O3/c1-2-8-19-11-6-7-14-13(16-11)15-10-5-3-4-9(10)12(17)18/h6-7,9-10H,2-5,8H2,1H3,(H,17,18)(H,14,15,16). The van der Waals surface area contributed by atoms with Crippen molar-refractivity contribution < 1.29 is 14.6 Å². The summed E-state index contributed by atoms with van der Waals surface area (Å²) in [4.78, 5) is 19.4. The van der Waals surface area contributed by atoms with Gasteiger partial charge in [0.05, 0.1) is 12.5 Å². The Bertz CT molecular complexity index is 439. The van der Waals surface area contributed by atoms with Crippen LogP contribution in [0.3, 0.4) is 0 Å². The van der Waals surface area contributed by atoms with Gasteiger partial charge in [-0.2, -0.15) is 4.98 Å². The highest BCUT2D eigenvalue weighted by Gasteiger charge is 2.33. The van der Waals surface area contributed by atoms with Crippen LogP contribution in [0.25, 0.3) is 0 Å². The maximum Gasteiger partial charge on any atom is 0.308 e. The predicted octanol–water partition coefficient (Wildman–Crippen LogP) is 1.93.